The molecular weight excluding hydrogens is 318 g/mol. The Labute approximate surface area is 146 Å². The molecule has 25 heavy (non-hydrogen) atoms. The fourth-order valence-electron chi connectivity index (χ4n) is 3.82. The minimum atomic E-state index is -0.455. The molecule has 0 bridgehead atoms. The summed E-state index contributed by atoms with van der Waals surface area (Å²) >= 11 is 0. The van der Waals surface area contributed by atoms with Gasteiger partial charge < -0.3 is 9.80 Å². The molecule has 1 spiro atoms. The third-order valence-corrected chi connectivity index (χ3v) is 5.32. The number of nitrogens with zero attached hydrogens (tertiary/aromatic N) is 5. The molecule has 130 valence electrons. The molecule has 2 aromatic rings. The maximum atomic E-state index is 13.0. The number of carbonyl (C=O) groups excluding carboxylic acids is 2. The maximum Gasteiger partial charge on any atom is 0.255 e. The third-order valence-electron chi connectivity index (χ3n) is 5.32. The van der Waals surface area contributed by atoms with Gasteiger partial charge >= 0.3 is 0 Å². The summed E-state index contributed by atoms with van der Waals surface area (Å²) in [5.74, 6) is 0.0647. The molecule has 1 unspecified atom stereocenters. The summed E-state index contributed by atoms with van der Waals surface area (Å²) in [7, 11) is 1.84. The van der Waals surface area contributed by atoms with E-state index in [1.165, 1.54) is 0 Å². The zero-order valence-electron chi connectivity index (χ0n) is 14.5. The number of likely N-dealkylation sites (tertiary alicyclic amines) is 1. The summed E-state index contributed by atoms with van der Waals surface area (Å²) in [6.45, 7) is 3.66. The standard InChI is InChI=1S/C18H21N5O2/c1-13-3-4-14(9-19-13)16(24)22-7-5-18(12-22)6-8-23(17(18)25)15-10-20-21(2)11-15/h3-4,9-11H,5-8,12H2,1-2H3. The van der Waals surface area contributed by atoms with Crippen LogP contribution >= 0.6 is 0 Å². The number of rotatable bonds is 2. The minimum absolute atomic E-state index is 0.0444. The lowest BCUT2D eigenvalue weighted by molar-refractivity contribution is -0.124. The number of aryl methyl sites for hydroxylation is 2. The second-order valence-electron chi connectivity index (χ2n) is 7.02. The van der Waals surface area contributed by atoms with Gasteiger partial charge in [0.25, 0.3) is 5.91 Å². The SMILES string of the molecule is Cc1ccc(C(=O)N2CCC3(CCN(c4cnn(C)c4)C3=O)C2)cn1. The lowest BCUT2D eigenvalue weighted by Crippen LogP contribution is -2.38. The van der Waals surface area contributed by atoms with E-state index in [0.717, 1.165) is 17.8 Å². The van der Waals surface area contributed by atoms with E-state index < -0.39 is 5.41 Å². The fraction of sp³-hybridized carbons (Fsp3) is 0.444. The molecule has 2 aliphatic rings. The van der Waals surface area contributed by atoms with Gasteiger partial charge in [-0.15, -0.1) is 0 Å². The summed E-state index contributed by atoms with van der Waals surface area (Å²) in [5.41, 5.74) is 1.84. The van der Waals surface area contributed by atoms with E-state index in [0.29, 0.717) is 31.6 Å². The van der Waals surface area contributed by atoms with Crippen LogP contribution in [0.4, 0.5) is 5.69 Å². The molecule has 0 aromatic carbocycles. The van der Waals surface area contributed by atoms with Crippen LogP contribution in [0.2, 0.25) is 0 Å². The molecule has 2 saturated heterocycles. The van der Waals surface area contributed by atoms with Crippen molar-refractivity contribution in [1.82, 2.24) is 19.7 Å². The van der Waals surface area contributed by atoms with Gasteiger partial charge in [-0.1, -0.05) is 0 Å². The van der Waals surface area contributed by atoms with Crippen molar-refractivity contribution in [3.63, 3.8) is 0 Å². The highest BCUT2D eigenvalue weighted by molar-refractivity contribution is 6.01. The Kier molecular flexibility index (Phi) is 3.59. The number of hydrogen-bond donors (Lipinski definition) is 0. The molecule has 4 heterocycles. The second kappa shape index (κ2) is 5.68. The number of hydrogen-bond acceptors (Lipinski definition) is 4. The first-order valence-corrected chi connectivity index (χ1v) is 8.51. The maximum absolute atomic E-state index is 13.0. The van der Waals surface area contributed by atoms with Crippen LogP contribution in [0.15, 0.2) is 30.7 Å². The number of carbonyl (C=O) groups is 2. The highest BCUT2D eigenvalue weighted by Gasteiger charge is 2.52. The van der Waals surface area contributed by atoms with E-state index in [1.807, 2.05) is 26.2 Å². The van der Waals surface area contributed by atoms with Gasteiger partial charge in [-0.3, -0.25) is 19.3 Å². The molecule has 2 amide bonds. The van der Waals surface area contributed by atoms with Crippen LogP contribution in [0.25, 0.3) is 0 Å². The fourth-order valence-corrected chi connectivity index (χ4v) is 3.82. The van der Waals surface area contributed by atoms with E-state index in [9.17, 15) is 9.59 Å². The van der Waals surface area contributed by atoms with Crippen molar-refractivity contribution in [2.75, 3.05) is 24.5 Å². The topological polar surface area (TPSA) is 71.3 Å². The highest BCUT2D eigenvalue weighted by atomic mass is 16.2. The largest absolute Gasteiger partial charge is 0.337 e. The normalized spacial score (nSPS) is 23.0. The van der Waals surface area contributed by atoms with Crippen LogP contribution in [0, 0.1) is 12.3 Å². The van der Waals surface area contributed by atoms with Crippen LogP contribution in [0.5, 0.6) is 0 Å². The molecule has 2 aliphatic heterocycles. The molecule has 0 saturated carbocycles. The van der Waals surface area contributed by atoms with E-state index >= 15 is 0 Å². The molecule has 2 fully saturated rings. The van der Waals surface area contributed by atoms with Crippen molar-refractivity contribution in [2.45, 2.75) is 19.8 Å². The lowest BCUT2D eigenvalue weighted by Gasteiger charge is -2.23. The lowest BCUT2D eigenvalue weighted by atomic mass is 9.85. The minimum Gasteiger partial charge on any atom is -0.337 e. The van der Waals surface area contributed by atoms with E-state index in [1.54, 1.807) is 32.9 Å². The summed E-state index contributed by atoms with van der Waals surface area (Å²) < 4.78 is 1.70. The molecule has 0 radical (unpaired) electrons. The van der Waals surface area contributed by atoms with Gasteiger partial charge in [0.1, 0.15) is 0 Å². The summed E-state index contributed by atoms with van der Waals surface area (Å²) in [6.07, 6.45) is 6.67. The smallest absolute Gasteiger partial charge is 0.255 e. The van der Waals surface area contributed by atoms with Crippen molar-refractivity contribution in [1.29, 1.82) is 0 Å². The predicted octanol–water partition coefficient (Wildman–Crippen LogP) is 1.39. The Hall–Kier alpha value is -2.70. The summed E-state index contributed by atoms with van der Waals surface area (Å²) in [5, 5.41) is 4.15. The number of amides is 2. The molecule has 2 aromatic heterocycles. The van der Waals surface area contributed by atoms with Crippen LogP contribution in [0.3, 0.4) is 0 Å². The highest BCUT2D eigenvalue weighted by Crippen LogP contribution is 2.42. The van der Waals surface area contributed by atoms with E-state index in [2.05, 4.69) is 10.1 Å². The van der Waals surface area contributed by atoms with Gasteiger partial charge in [-0.05, 0) is 31.9 Å². The van der Waals surface area contributed by atoms with Crippen molar-refractivity contribution in [3.8, 4) is 0 Å². The Bertz CT molecular complexity index is 828. The van der Waals surface area contributed by atoms with Gasteiger partial charge in [0.2, 0.25) is 5.91 Å². The van der Waals surface area contributed by atoms with Crippen molar-refractivity contribution in [3.05, 3.63) is 42.0 Å². The Balaban J connectivity index is 1.51. The first kappa shape index (κ1) is 15.8. The van der Waals surface area contributed by atoms with Crippen LogP contribution in [0.1, 0.15) is 28.9 Å². The summed E-state index contributed by atoms with van der Waals surface area (Å²) in [4.78, 5) is 33.5. The molecule has 0 aliphatic carbocycles. The Morgan fingerprint density at radius 1 is 1.20 bits per heavy atom. The predicted molar refractivity (Wildman–Crippen MR) is 92.1 cm³/mol. The monoisotopic (exact) mass is 339 g/mol. The zero-order valence-corrected chi connectivity index (χ0v) is 14.5. The quantitative estimate of drug-likeness (QED) is 0.829. The van der Waals surface area contributed by atoms with Crippen molar-refractivity contribution < 1.29 is 9.59 Å². The van der Waals surface area contributed by atoms with Crippen LogP contribution in [-0.2, 0) is 11.8 Å². The Morgan fingerprint density at radius 2 is 2.00 bits per heavy atom. The Morgan fingerprint density at radius 3 is 2.68 bits per heavy atom. The molecule has 1 atom stereocenters. The number of anilines is 1. The molecule has 4 rings (SSSR count). The number of pyridine rings is 1. The van der Waals surface area contributed by atoms with Gasteiger partial charge in [0.05, 0.1) is 22.9 Å². The van der Waals surface area contributed by atoms with Crippen molar-refractivity contribution >= 4 is 17.5 Å². The average molecular weight is 339 g/mol. The van der Waals surface area contributed by atoms with Crippen molar-refractivity contribution in [2.24, 2.45) is 12.5 Å². The van der Waals surface area contributed by atoms with E-state index in [4.69, 9.17) is 0 Å². The third kappa shape index (κ3) is 2.59. The molecule has 7 nitrogen and oxygen atoms in total. The first-order chi connectivity index (χ1) is 12.0. The van der Waals surface area contributed by atoms with Gasteiger partial charge in [-0.25, -0.2) is 0 Å². The van der Waals surface area contributed by atoms with Crippen LogP contribution < -0.4 is 4.90 Å². The van der Waals surface area contributed by atoms with Gasteiger partial charge in [-0.2, -0.15) is 5.10 Å². The average Bonchev–Trinajstić information content (AvgIpc) is 3.30. The van der Waals surface area contributed by atoms with E-state index in [-0.39, 0.29) is 11.8 Å². The molecular formula is C18H21N5O2. The summed E-state index contributed by atoms with van der Waals surface area (Å²) in [6, 6.07) is 3.64. The van der Waals surface area contributed by atoms with Gasteiger partial charge in [0.15, 0.2) is 0 Å². The molecule has 7 heteroatoms. The molecule has 0 N–H and O–H groups in total. The zero-order chi connectivity index (χ0) is 17.6. The van der Waals surface area contributed by atoms with Crippen LogP contribution in [-0.4, -0.2) is 51.1 Å². The number of aromatic nitrogens is 3. The first-order valence-electron chi connectivity index (χ1n) is 8.51. The van der Waals surface area contributed by atoms with Gasteiger partial charge in [0, 0.05) is 44.8 Å². The second-order valence-corrected chi connectivity index (χ2v) is 7.02.